The molecule has 1 aromatic rings. The highest BCUT2D eigenvalue weighted by atomic mass is 79.9. The maximum absolute atomic E-state index is 11.5. The minimum absolute atomic E-state index is 0.00118. The molecule has 1 aromatic carbocycles. The van der Waals surface area contributed by atoms with Gasteiger partial charge >= 0.3 is 0 Å². The van der Waals surface area contributed by atoms with Crippen molar-refractivity contribution in [1.82, 2.24) is 0 Å². The number of hydrogen-bond acceptors (Lipinski definition) is 1. The fourth-order valence-corrected chi connectivity index (χ4v) is 3.39. The first kappa shape index (κ1) is 13.2. The van der Waals surface area contributed by atoms with Crippen LogP contribution in [0, 0.1) is 5.92 Å². The molecule has 1 N–H and O–H groups in total. The summed E-state index contributed by atoms with van der Waals surface area (Å²) in [4.78, 5) is 11.5. The Morgan fingerprint density at radius 3 is 2.07 bits per heavy atom. The van der Waals surface area contributed by atoms with Crippen molar-refractivity contribution >= 4 is 59.4 Å². The number of carbonyl (C=O) groups is 1. The Balaban J connectivity index is 3.00. The molecule has 1 rings (SSSR count). The Kier molecular flexibility index (Phi) is 4.80. The van der Waals surface area contributed by atoms with E-state index in [9.17, 15) is 4.79 Å². The highest BCUT2D eigenvalue weighted by Gasteiger charge is 2.12. The molecule has 15 heavy (non-hydrogen) atoms. The second kappa shape index (κ2) is 5.46. The molecular formula is C10H10Br3NO. The number of amides is 1. The summed E-state index contributed by atoms with van der Waals surface area (Å²) in [5, 5.41) is 2.85. The standard InChI is InChI=1S/C10H10Br3NO/c1-5(2)10(15)14-9-7(12)3-6(11)4-8(9)13/h3-5H,1-2H3,(H,14,15). The number of benzene rings is 1. The van der Waals surface area contributed by atoms with Gasteiger partial charge in [0, 0.05) is 19.3 Å². The van der Waals surface area contributed by atoms with Crippen molar-refractivity contribution in [2.24, 2.45) is 5.92 Å². The predicted octanol–water partition coefficient (Wildman–Crippen LogP) is 4.57. The lowest BCUT2D eigenvalue weighted by Crippen LogP contribution is -2.18. The number of halogens is 3. The summed E-state index contributed by atoms with van der Waals surface area (Å²) in [5.41, 5.74) is 0.761. The van der Waals surface area contributed by atoms with Gasteiger partial charge in [0.25, 0.3) is 0 Å². The largest absolute Gasteiger partial charge is 0.324 e. The molecule has 0 radical (unpaired) electrons. The molecule has 82 valence electrons. The van der Waals surface area contributed by atoms with E-state index in [4.69, 9.17) is 0 Å². The number of hydrogen-bond donors (Lipinski definition) is 1. The van der Waals surface area contributed by atoms with Gasteiger partial charge in [0.1, 0.15) is 0 Å². The van der Waals surface area contributed by atoms with E-state index in [0.717, 1.165) is 19.1 Å². The summed E-state index contributed by atoms with van der Waals surface area (Å²) in [6.45, 7) is 3.71. The third kappa shape index (κ3) is 3.57. The summed E-state index contributed by atoms with van der Waals surface area (Å²) in [7, 11) is 0. The van der Waals surface area contributed by atoms with E-state index in [1.807, 2.05) is 26.0 Å². The molecule has 2 nitrogen and oxygen atoms in total. The van der Waals surface area contributed by atoms with E-state index in [1.165, 1.54) is 0 Å². The van der Waals surface area contributed by atoms with E-state index >= 15 is 0 Å². The Morgan fingerprint density at radius 1 is 1.20 bits per heavy atom. The highest BCUT2D eigenvalue weighted by molar-refractivity contribution is 9.11. The summed E-state index contributed by atoms with van der Waals surface area (Å²) in [5.74, 6) is -0.0360. The maximum Gasteiger partial charge on any atom is 0.226 e. The van der Waals surface area contributed by atoms with Crippen molar-refractivity contribution in [2.45, 2.75) is 13.8 Å². The van der Waals surface area contributed by atoms with Crippen LogP contribution < -0.4 is 5.32 Å². The van der Waals surface area contributed by atoms with Crippen molar-refractivity contribution in [3.63, 3.8) is 0 Å². The fraction of sp³-hybridized carbons (Fsp3) is 0.300. The van der Waals surface area contributed by atoms with Crippen LogP contribution in [0.4, 0.5) is 5.69 Å². The summed E-state index contributed by atoms with van der Waals surface area (Å²) in [6, 6.07) is 3.78. The minimum Gasteiger partial charge on any atom is -0.324 e. The van der Waals surface area contributed by atoms with E-state index in [-0.39, 0.29) is 11.8 Å². The van der Waals surface area contributed by atoms with Gasteiger partial charge in [-0.2, -0.15) is 0 Å². The van der Waals surface area contributed by atoms with Crippen LogP contribution in [0.15, 0.2) is 25.6 Å². The van der Waals surface area contributed by atoms with Crippen LogP contribution in [-0.2, 0) is 4.79 Å². The van der Waals surface area contributed by atoms with E-state index in [2.05, 4.69) is 53.1 Å². The number of rotatable bonds is 2. The number of nitrogens with one attached hydrogen (secondary N) is 1. The Bertz CT molecular complexity index is 367. The highest BCUT2D eigenvalue weighted by Crippen LogP contribution is 2.34. The molecule has 0 spiro atoms. The second-order valence-electron chi connectivity index (χ2n) is 3.39. The van der Waals surface area contributed by atoms with Crippen LogP contribution in [0.2, 0.25) is 0 Å². The molecule has 0 atom stereocenters. The molecule has 5 heteroatoms. The predicted molar refractivity (Wildman–Crippen MR) is 73.0 cm³/mol. The molecule has 0 bridgehead atoms. The average Bonchev–Trinajstić information content (AvgIpc) is 2.10. The third-order valence-corrected chi connectivity index (χ3v) is 3.49. The van der Waals surface area contributed by atoms with Crippen LogP contribution in [0.5, 0.6) is 0 Å². The van der Waals surface area contributed by atoms with Gasteiger partial charge in [0.05, 0.1) is 5.69 Å². The van der Waals surface area contributed by atoms with Crippen molar-refractivity contribution in [2.75, 3.05) is 5.32 Å². The van der Waals surface area contributed by atoms with Gasteiger partial charge in [-0.15, -0.1) is 0 Å². The molecule has 0 saturated carbocycles. The smallest absolute Gasteiger partial charge is 0.226 e. The fourth-order valence-electron chi connectivity index (χ4n) is 0.929. The molecule has 0 aliphatic rings. The molecule has 1 amide bonds. The van der Waals surface area contributed by atoms with E-state index in [1.54, 1.807) is 0 Å². The van der Waals surface area contributed by atoms with Crippen LogP contribution in [-0.4, -0.2) is 5.91 Å². The molecule has 0 aliphatic heterocycles. The lowest BCUT2D eigenvalue weighted by Gasteiger charge is -2.11. The topological polar surface area (TPSA) is 29.1 Å². The van der Waals surface area contributed by atoms with Crippen LogP contribution in [0.25, 0.3) is 0 Å². The monoisotopic (exact) mass is 397 g/mol. The Labute approximate surface area is 114 Å². The Morgan fingerprint density at radius 2 is 1.67 bits per heavy atom. The zero-order valence-electron chi connectivity index (χ0n) is 8.27. The molecule has 0 aliphatic carbocycles. The molecule has 0 saturated heterocycles. The molecule has 0 fully saturated rings. The summed E-state index contributed by atoms with van der Waals surface area (Å²) >= 11 is 10.2. The first-order valence-electron chi connectivity index (χ1n) is 4.37. The van der Waals surface area contributed by atoms with Crippen molar-refractivity contribution in [3.05, 3.63) is 25.6 Å². The van der Waals surface area contributed by atoms with Crippen molar-refractivity contribution < 1.29 is 4.79 Å². The van der Waals surface area contributed by atoms with Crippen LogP contribution in [0.1, 0.15) is 13.8 Å². The first-order chi connectivity index (χ1) is 6.91. The minimum atomic E-state index is -0.0348. The van der Waals surface area contributed by atoms with E-state index in [0.29, 0.717) is 0 Å². The average molecular weight is 400 g/mol. The maximum atomic E-state index is 11.5. The Hall–Kier alpha value is 0.130. The van der Waals surface area contributed by atoms with Gasteiger partial charge in [-0.3, -0.25) is 4.79 Å². The summed E-state index contributed by atoms with van der Waals surface area (Å²) in [6.07, 6.45) is 0. The van der Waals surface area contributed by atoms with Gasteiger partial charge < -0.3 is 5.32 Å². The molecule has 0 heterocycles. The van der Waals surface area contributed by atoms with Gasteiger partial charge in [-0.25, -0.2) is 0 Å². The van der Waals surface area contributed by atoms with Gasteiger partial charge in [-0.05, 0) is 44.0 Å². The lowest BCUT2D eigenvalue weighted by atomic mass is 10.2. The second-order valence-corrected chi connectivity index (χ2v) is 6.01. The summed E-state index contributed by atoms with van der Waals surface area (Å²) < 4.78 is 2.64. The first-order valence-corrected chi connectivity index (χ1v) is 6.75. The lowest BCUT2D eigenvalue weighted by molar-refractivity contribution is -0.118. The molecular weight excluding hydrogens is 390 g/mol. The number of anilines is 1. The zero-order valence-corrected chi connectivity index (χ0v) is 13.0. The van der Waals surface area contributed by atoms with Crippen molar-refractivity contribution in [3.8, 4) is 0 Å². The van der Waals surface area contributed by atoms with E-state index < -0.39 is 0 Å². The molecule has 0 aromatic heterocycles. The SMILES string of the molecule is CC(C)C(=O)Nc1c(Br)cc(Br)cc1Br. The van der Waals surface area contributed by atoms with Crippen LogP contribution in [0.3, 0.4) is 0 Å². The van der Waals surface area contributed by atoms with Gasteiger partial charge in [0.15, 0.2) is 0 Å². The quantitative estimate of drug-likeness (QED) is 0.775. The van der Waals surface area contributed by atoms with Gasteiger partial charge in [-0.1, -0.05) is 29.8 Å². The van der Waals surface area contributed by atoms with Crippen LogP contribution >= 0.6 is 47.8 Å². The van der Waals surface area contributed by atoms with Crippen molar-refractivity contribution in [1.29, 1.82) is 0 Å². The van der Waals surface area contributed by atoms with Gasteiger partial charge in [0.2, 0.25) is 5.91 Å². The number of carbonyl (C=O) groups excluding carboxylic acids is 1. The normalized spacial score (nSPS) is 10.5. The molecule has 0 unspecified atom stereocenters. The zero-order chi connectivity index (χ0) is 11.6. The third-order valence-electron chi connectivity index (χ3n) is 1.78.